The minimum Gasteiger partial charge on any atom is -0.381 e. The first-order valence-corrected chi connectivity index (χ1v) is 3.88. The molecule has 3 nitrogen and oxygen atoms in total. The van der Waals surface area contributed by atoms with Crippen molar-refractivity contribution >= 4 is 5.91 Å². The lowest BCUT2D eigenvalue weighted by atomic mass is 10.1. The van der Waals surface area contributed by atoms with Crippen LogP contribution in [0.15, 0.2) is 0 Å². The van der Waals surface area contributed by atoms with E-state index in [2.05, 4.69) is 17.2 Å². The van der Waals surface area contributed by atoms with Crippen molar-refractivity contribution in [3.8, 4) is 11.8 Å². The molecule has 0 rings (SSSR count). The van der Waals surface area contributed by atoms with Gasteiger partial charge in [0, 0.05) is 13.0 Å². The predicted octanol–water partition coefficient (Wildman–Crippen LogP) is 0.287. The Kier molecular flexibility index (Phi) is 4.38. The molecule has 0 heterocycles. The van der Waals surface area contributed by atoms with Crippen LogP contribution in [0.4, 0.5) is 0 Å². The molecule has 0 aromatic rings. The first kappa shape index (κ1) is 11.0. The van der Waals surface area contributed by atoms with Crippen molar-refractivity contribution in [3.05, 3.63) is 0 Å². The lowest BCUT2D eigenvalue weighted by Gasteiger charge is -2.15. The Balaban J connectivity index is 3.63. The Labute approximate surface area is 73.2 Å². The van der Waals surface area contributed by atoms with Gasteiger partial charge >= 0.3 is 0 Å². The van der Waals surface area contributed by atoms with Crippen LogP contribution in [-0.4, -0.2) is 23.2 Å². The summed E-state index contributed by atoms with van der Waals surface area (Å²) in [6.45, 7) is 5.14. The smallest absolute Gasteiger partial charge is 0.251 e. The molecular weight excluding hydrogens is 154 g/mol. The van der Waals surface area contributed by atoms with Crippen LogP contribution in [0.1, 0.15) is 27.2 Å². The van der Waals surface area contributed by atoms with Crippen LogP contribution in [0.2, 0.25) is 0 Å². The third-order valence-corrected chi connectivity index (χ3v) is 1.27. The third kappa shape index (κ3) is 4.75. The second kappa shape index (κ2) is 4.78. The van der Waals surface area contributed by atoms with Crippen molar-refractivity contribution in [2.45, 2.75) is 32.8 Å². The molecule has 0 saturated carbocycles. The summed E-state index contributed by atoms with van der Waals surface area (Å²) in [5.74, 6) is 5.16. The summed E-state index contributed by atoms with van der Waals surface area (Å²) in [4.78, 5) is 11.0. The van der Waals surface area contributed by atoms with Gasteiger partial charge in [0.15, 0.2) is 0 Å². The van der Waals surface area contributed by atoms with Crippen LogP contribution < -0.4 is 5.32 Å². The molecule has 12 heavy (non-hydrogen) atoms. The molecule has 0 saturated heterocycles. The molecular formula is C9H15NO2. The Bertz CT molecular complexity index is 205. The molecule has 0 bridgehead atoms. The molecule has 0 fully saturated rings. The van der Waals surface area contributed by atoms with E-state index >= 15 is 0 Å². The molecule has 2 N–H and O–H groups in total. The first-order valence-electron chi connectivity index (χ1n) is 3.88. The fourth-order valence-corrected chi connectivity index (χ4v) is 0.580. The summed E-state index contributed by atoms with van der Waals surface area (Å²) in [5.41, 5.74) is -1.29. The highest BCUT2D eigenvalue weighted by Crippen LogP contribution is 1.99. The van der Waals surface area contributed by atoms with E-state index in [4.69, 9.17) is 0 Å². The highest BCUT2D eigenvalue weighted by atomic mass is 16.3. The van der Waals surface area contributed by atoms with Crippen LogP contribution in [0.5, 0.6) is 0 Å². The average molecular weight is 169 g/mol. The lowest BCUT2D eigenvalue weighted by Crippen LogP contribution is -2.42. The highest BCUT2D eigenvalue weighted by Gasteiger charge is 2.22. The van der Waals surface area contributed by atoms with E-state index in [1.165, 1.54) is 13.8 Å². The van der Waals surface area contributed by atoms with Crippen molar-refractivity contribution in [3.63, 3.8) is 0 Å². The van der Waals surface area contributed by atoms with Gasteiger partial charge in [0.1, 0.15) is 5.60 Å². The minimum absolute atomic E-state index is 0.361. The zero-order chi connectivity index (χ0) is 9.61. The summed E-state index contributed by atoms with van der Waals surface area (Å²) >= 11 is 0. The quantitative estimate of drug-likeness (QED) is 0.471. The highest BCUT2D eigenvalue weighted by molar-refractivity contribution is 5.83. The summed E-state index contributed by atoms with van der Waals surface area (Å²) < 4.78 is 0. The van der Waals surface area contributed by atoms with Gasteiger partial charge in [0.25, 0.3) is 5.91 Å². The van der Waals surface area contributed by atoms with Crippen molar-refractivity contribution in [1.29, 1.82) is 0 Å². The van der Waals surface area contributed by atoms with E-state index in [0.29, 0.717) is 13.0 Å². The van der Waals surface area contributed by atoms with Gasteiger partial charge < -0.3 is 10.4 Å². The average Bonchev–Trinajstić information content (AvgIpc) is 1.96. The van der Waals surface area contributed by atoms with Gasteiger partial charge in [-0.2, -0.15) is 0 Å². The maximum absolute atomic E-state index is 11.0. The van der Waals surface area contributed by atoms with Crippen molar-refractivity contribution < 1.29 is 9.90 Å². The zero-order valence-corrected chi connectivity index (χ0v) is 7.77. The van der Waals surface area contributed by atoms with E-state index in [9.17, 15) is 9.90 Å². The second-order valence-electron chi connectivity index (χ2n) is 2.99. The predicted molar refractivity (Wildman–Crippen MR) is 47.4 cm³/mol. The Morgan fingerprint density at radius 1 is 1.58 bits per heavy atom. The zero-order valence-electron chi connectivity index (χ0n) is 7.77. The molecule has 0 spiro atoms. The molecule has 0 aliphatic carbocycles. The van der Waals surface area contributed by atoms with Gasteiger partial charge in [-0.15, -0.1) is 11.8 Å². The number of nitrogens with one attached hydrogen (secondary N) is 1. The van der Waals surface area contributed by atoms with Crippen LogP contribution in [0.3, 0.4) is 0 Å². The number of aliphatic hydroxyl groups is 1. The molecule has 0 aliphatic heterocycles. The topological polar surface area (TPSA) is 49.3 Å². The molecule has 68 valence electrons. The standard InChI is InChI=1S/C9H15NO2/c1-4-5-6-7-10-8(11)9(2,3)12/h12H,6-7H2,1-3H3,(H,10,11). The van der Waals surface area contributed by atoms with Gasteiger partial charge in [-0.1, -0.05) is 0 Å². The van der Waals surface area contributed by atoms with Crippen LogP contribution in [0, 0.1) is 11.8 Å². The second-order valence-corrected chi connectivity index (χ2v) is 2.99. The van der Waals surface area contributed by atoms with Crippen molar-refractivity contribution in [1.82, 2.24) is 5.32 Å². The largest absolute Gasteiger partial charge is 0.381 e. The number of hydrogen-bond donors (Lipinski definition) is 2. The SMILES string of the molecule is CC#CCCNC(=O)C(C)(C)O. The van der Waals surface area contributed by atoms with Crippen molar-refractivity contribution in [2.75, 3.05) is 6.54 Å². The maximum atomic E-state index is 11.0. The summed E-state index contributed by atoms with van der Waals surface area (Å²) in [7, 11) is 0. The fraction of sp³-hybridized carbons (Fsp3) is 0.667. The monoisotopic (exact) mass is 169 g/mol. The molecule has 0 radical (unpaired) electrons. The number of carbonyl (C=O) groups is 1. The minimum atomic E-state index is -1.29. The Morgan fingerprint density at radius 2 is 2.17 bits per heavy atom. The molecule has 0 aromatic heterocycles. The maximum Gasteiger partial charge on any atom is 0.251 e. The van der Waals surface area contributed by atoms with Crippen LogP contribution in [-0.2, 0) is 4.79 Å². The van der Waals surface area contributed by atoms with E-state index in [1.807, 2.05) is 0 Å². The Hall–Kier alpha value is -1.01. The van der Waals surface area contributed by atoms with Gasteiger partial charge in [-0.3, -0.25) is 4.79 Å². The molecule has 0 unspecified atom stereocenters. The molecule has 1 amide bonds. The van der Waals surface area contributed by atoms with Gasteiger partial charge in [0.05, 0.1) is 0 Å². The lowest BCUT2D eigenvalue weighted by molar-refractivity contribution is -0.136. The molecule has 3 heteroatoms. The van der Waals surface area contributed by atoms with Gasteiger partial charge in [0.2, 0.25) is 0 Å². The fourth-order valence-electron chi connectivity index (χ4n) is 0.580. The van der Waals surface area contributed by atoms with E-state index < -0.39 is 5.60 Å². The summed E-state index contributed by atoms with van der Waals surface area (Å²) in [6.07, 6.45) is 0.623. The van der Waals surface area contributed by atoms with E-state index in [-0.39, 0.29) is 5.91 Å². The van der Waals surface area contributed by atoms with Gasteiger partial charge in [-0.05, 0) is 20.8 Å². The summed E-state index contributed by atoms with van der Waals surface area (Å²) in [5, 5.41) is 11.8. The van der Waals surface area contributed by atoms with Crippen LogP contribution >= 0.6 is 0 Å². The molecule has 0 aromatic carbocycles. The molecule has 0 atom stereocenters. The normalized spacial score (nSPS) is 10.0. The van der Waals surface area contributed by atoms with E-state index in [1.54, 1.807) is 6.92 Å². The Morgan fingerprint density at radius 3 is 2.58 bits per heavy atom. The third-order valence-electron chi connectivity index (χ3n) is 1.27. The number of carbonyl (C=O) groups excluding carboxylic acids is 1. The van der Waals surface area contributed by atoms with E-state index in [0.717, 1.165) is 0 Å². The number of hydrogen-bond acceptors (Lipinski definition) is 2. The summed E-state index contributed by atoms with van der Waals surface area (Å²) in [6, 6.07) is 0. The first-order chi connectivity index (χ1) is 5.48. The number of amides is 1. The van der Waals surface area contributed by atoms with Crippen LogP contribution in [0.25, 0.3) is 0 Å². The molecule has 0 aliphatic rings. The van der Waals surface area contributed by atoms with Gasteiger partial charge in [-0.25, -0.2) is 0 Å². The number of rotatable bonds is 3. The van der Waals surface area contributed by atoms with Crippen molar-refractivity contribution in [2.24, 2.45) is 0 Å².